The van der Waals surface area contributed by atoms with Gasteiger partial charge in [-0.15, -0.1) is 0 Å². The number of halogens is 5. The van der Waals surface area contributed by atoms with Crippen molar-refractivity contribution in [1.29, 1.82) is 0 Å². The molecule has 3 amide bonds. The number of imide groups is 1. The van der Waals surface area contributed by atoms with Gasteiger partial charge in [-0.05, 0) is 24.3 Å². The largest absolute Gasteiger partial charge is 0.461 e. The number of alkyl halides is 3. The molecular formula is C17H13F5N2O3S. The van der Waals surface area contributed by atoms with Gasteiger partial charge in [-0.1, -0.05) is 24.3 Å². The molecule has 0 N–H and O–H groups in total. The highest BCUT2D eigenvalue weighted by Gasteiger charge is 2.39. The Labute approximate surface area is 160 Å². The van der Waals surface area contributed by atoms with Crippen LogP contribution in [0.3, 0.4) is 0 Å². The SMILES string of the molecule is COCN(SC(F)(F)F)C(=O)N(C(=O)c1c(F)cccc1F)c1ccccc1. The second kappa shape index (κ2) is 9.02. The maximum absolute atomic E-state index is 14.0. The number of nitrogens with zero attached hydrogens (tertiary/aromatic N) is 2. The van der Waals surface area contributed by atoms with Crippen LogP contribution < -0.4 is 4.90 Å². The molecule has 0 atom stereocenters. The molecule has 0 spiro atoms. The topological polar surface area (TPSA) is 49.9 Å². The van der Waals surface area contributed by atoms with Crippen molar-refractivity contribution in [2.24, 2.45) is 0 Å². The molecule has 2 rings (SSSR count). The molecule has 0 fully saturated rings. The number of ether oxygens (including phenoxy) is 1. The van der Waals surface area contributed by atoms with Crippen LogP contribution in [0.25, 0.3) is 0 Å². The average molecular weight is 420 g/mol. The number of amides is 3. The second-order valence-corrected chi connectivity index (χ2v) is 6.27. The number of para-hydroxylation sites is 1. The van der Waals surface area contributed by atoms with E-state index in [0.717, 1.165) is 25.3 Å². The first-order valence-corrected chi connectivity index (χ1v) is 8.33. The van der Waals surface area contributed by atoms with Crippen LogP contribution in [0.15, 0.2) is 48.5 Å². The van der Waals surface area contributed by atoms with Gasteiger partial charge in [0.15, 0.2) is 0 Å². The van der Waals surface area contributed by atoms with Crippen molar-refractivity contribution in [3.8, 4) is 0 Å². The third kappa shape index (κ3) is 5.20. The Bertz CT molecular complexity index is 828. The summed E-state index contributed by atoms with van der Waals surface area (Å²) in [6, 6.07) is 7.90. The maximum Gasteiger partial charge on any atom is 0.461 e. The van der Waals surface area contributed by atoms with Crippen LogP contribution in [0, 0.1) is 11.6 Å². The summed E-state index contributed by atoms with van der Waals surface area (Å²) < 4.78 is 71.2. The van der Waals surface area contributed by atoms with Gasteiger partial charge in [0.25, 0.3) is 5.91 Å². The summed E-state index contributed by atoms with van der Waals surface area (Å²) in [6.45, 7) is -0.834. The van der Waals surface area contributed by atoms with Gasteiger partial charge in [0, 0.05) is 7.11 Å². The molecule has 0 saturated heterocycles. The van der Waals surface area contributed by atoms with E-state index in [1.165, 1.54) is 30.3 Å². The first-order chi connectivity index (χ1) is 13.2. The summed E-state index contributed by atoms with van der Waals surface area (Å²) in [5.74, 6) is -3.99. The number of anilines is 1. The van der Waals surface area contributed by atoms with Crippen LogP contribution in [-0.2, 0) is 4.74 Å². The summed E-state index contributed by atoms with van der Waals surface area (Å²) in [7, 11) is 1.04. The summed E-state index contributed by atoms with van der Waals surface area (Å²) in [4.78, 5) is 25.8. The summed E-state index contributed by atoms with van der Waals surface area (Å²) in [5.41, 5.74) is -6.12. The fourth-order valence-electron chi connectivity index (χ4n) is 2.18. The zero-order chi connectivity index (χ0) is 20.9. The monoisotopic (exact) mass is 420 g/mol. The van der Waals surface area contributed by atoms with Gasteiger partial charge < -0.3 is 4.74 Å². The number of hydrogen-bond donors (Lipinski definition) is 0. The lowest BCUT2D eigenvalue weighted by atomic mass is 10.1. The number of urea groups is 1. The molecule has 0 aliphatic carbocycles. The molecule has 0 heterocycles. The first kappa shape index (κ1) is 21.6. The average Bonchev–Trinajstić information content (AvgIpc) is 2.61. The van der Waals surface area contributed by atoms with Crippen molar-refractivity contribution in [2.75, 3.05) is 18.7 Å². The molecule has 2 aromatic carbocycles. The molecule has 0 saturated carbocycles. The quantitative estimate of drug-likeness (QED) is 0.396. The van der Waals surface area contributed by atoms with E-state index in [9.17, 15) is 31.5 Å². The van der Waals surface area contributed by atoms with E-state index in [2.05, 4.69) is 4.74 Å². The van der Waals surface area contributed by atoms with Crippen LogP contribution in [0.1, 0.15) is 10.4 Å². The Kier molecular flexibility index (Phi) is 6.97. The number of benzene rings is 2. The molecule has 5 nitrogen and oxygen atoms in total. The van der Waals surface area contributed by atoms with Gasteiger partial charge >= 0.3 is 11.5 Å². The maximum atomic E-state index is 14.0. The molecule has 28 heavy (non-hydrogen) atoms. The summed E-state index contributed by atoms with van der Waals surface area (Å²) in [6.07, 6.45) is 0. The molecule has 0 aromatic heterocycles. The zero-order valence-corrected chi connectivity index (χ0v) is 15.1. The summed E-state index contributed by atoms with van der Waals surface area (Å²) >= 11 is -0.844. The minimum atomic E-state index is -4.87. The van der Waals surface area contributed by atoms with Gasteiger partial charge in [0.1, 0.15) is 23.9 Å². The molecule has 2 aromatic rings. The third-order valence-corrected chi connectivity index (χ3v) is 3.95. The Morgan fingerprint density at radius 1 is 1.00 bits per heavy atom. The third-order valence-electron chi connectivity index (χ3n) is 3.26. The van der Waals surface area contributed by atoms with E-state index in [-0.39, 0.29) is 14.9 Å². The van der Waals surface area contributed by atoms with Crippen molar-refractivity contribution in [3.05, 3.63) is 65.7 Å². The van der Waals surface area contributed by atoms with Crippen LogP contribution in [0.2, 0.25) is 0 Å². The van der Waals surface area contributed by atoms with E-state index in [0.29, 0.717) is 0 Å². The van der Waals surface area contributed by atoms with Crippen LogP contribution >= 0.6 is 11.9 Å². The Morgan fingerprint density at radius 3 is 2.07 bits per heavy atom. The van der Waals surface area contributed by atoms with E-state index < -0.39 is 53.3 Å². The number of rotatable bonds is 5. The Hall–Kier alpha value is -2.66. The number of carbonyl (C=O) groups is 2. The van der Waals surface area contributed by atoms with Gasteiger partial charge in [-0.25, -0.2) is 22.8 Å². The zero-order valence-electron chi connectivity index (χ0n) is 14.2. The van der Waals surface area contributed by atoms with E-state index >= 15 is 0 Å². The fraction of sp³-hybridized carbons (Fsp3) is 0.176. The lowest BCUT2D eigenvalue weighted by molar-refractivity contribution is -0.0372. The van der Waals surface area contributed by atoms with Crippen molar-refractivity contribution in [2.45, 2.75) is 5.51 Å². The molecule has 150 valence electrons. The number of carbonyl (C=O) groups excluding carboxylic acids is 2. The van der Waals surface area contributed by atoms with Crippen molar-refractivity contribution in [1.82, 2.24) is 4.31 Å². The van der Waals surface area contributed by atoms with E-state index in [1.807, 2.05) is 0 Å². The predicted octanol–water partition coefficient (Wildman–Crippen LogP) is 4.81. The molecule has 0 bridgehead atoms. The van der Waals surface area contributed by atoms with E-state index in [4.69, 9.17) is 0 Å². The number of methoxy groups -OCH3 is 1. The summed E-state index contributed by atoms with van der Waals surface area (Å²) in [5, 5.41) is 0. The molecule has 11 heteroatoms. The van der Waals surface area contributed by atoms with E-state index in [1.54, 1.807) is 0 Å². The Morgan fingerprint density at radius 2 is 1.57 bits per heavy atom. The highest BCUT2D eigenvalue weighted by atomic mass is 32.2. The lowest BCUT2D eigenvalue weighted by Crippen LogP contribution is -2.46. The predicted molar refractivity (Wildman–Crippen MR) is 92.4 cm³/mol. The normalized spacial score (nSPS) is 11.2. The van der Waals surface area contributed by atoms with Gasteiger partial charge in [-0.3, -0.25) is 4.79 Å². The number of hydrogen-bond acceptors (Lipinski definition) is 4. The molecule has 0 aliphatic heterocycles. The smallest absolute Gasteiger partial charge is 0.363 e. The van der Waals surface area contributed by atoms with Crippen LogP contribution in [-0.4, -0.2) is 35.6 Å². The van der Waals surface area contributed by atoms with Crippen molar-refractivity contribution in [3.63, 3.8) is 0 Å². The van der Waals surface area contributed by atoms with Crippen molar-refractivity contribution < 1.29 is 36.3 Å². The van der Waals surface area contributed by atoms with Crippen molar-refractivity contribution >= 4 is 29.6 Å². The van der Waals surface area contributed by atoms with Crippen LogP contribution in [0.5, 0.6) is 0 Å². The Balaban J connectivity index is 2.53. The lowest BCUT2D eigenvalue weighted by Gasteiger charge is -2.28. The van der Waals surface area contributed by atoms with Crippen LogP contribution in [0.4, 0.5) is 32.4 Å². The first-order valence-electron chi connectivity index (χ1n) is 7.55. The van der Waals surface area contributed by atoms with Gasteiger partial charge in [0.05, 0.1) is 17.6 Å². The highest BCUT2D eigenvalue weighted by molar-refractivity contribution is 7.98. The molecule has 0 unspecified atom stereocenters. The molecule has 0 radical (unpaired) electrons. The van der Waals surface area contributed by atoms with Gasteiger partial charge in [0.2, 0.25) is 0 Å². The standard InChI is InChI=1S/C17H13F5N2O3S/c1-27-10-23(28-17(20,21)22)16(26)24(11-6-3-2-4-7-11)15(25)14-12(18)8-5-9-13(14)19/h2-9H,10H2,1H3. The molecular weight excluding hydrogens is 407 g/mol. The molecule has 0 aliphatic rings. The fourth-order valence-corrected chi connectivity index (χ4v) is 2.75. The minimum absolute atomic E-state index is 0.115. The highest BCUT2D eigenvalue weighted by Crippen LogP contribution is 2.35. The second-order valence-electron chi connectivity index (χ2n) is 5.19. The van der Waals surface area contributed by atoms with Gasteiger partial charge in [-0.2, -0.15) is 13.2 Å². The minimum Gasteiger partial charge on any atom is -0.363 e.